The number of nitrogens with zero attached hydrogens (tertiary/aromatic N) is 4. The Morgan fingerprint density at radius 1 is 0.886 bits per heavy atom. The summed E-state index contributed by atoms with van der Waals surface area (Å²) in [4.78, 5) is 4.68. The number of aryl methyl sites for hydroxylation is 1. The minimum atomic E-state index is 0.428. The van der Waals surface area contributed by atoms with Gasteiger partial charge in [-0.3, -0.25) is 0 Å². The smallest absolute Gasteiger partial charge is 0.174 e. The minimum absolute atomic E-state index is 0.428. The van der Waals surface area contributed by atoms with Crippen molar-refractivity contribution < 1.29 is 4.74 Å². The van der Waals surface area contributed by atoms with Gasteiger partial charge >= 0.3 is 0 Å². The molecule has 0 bridgehead atoms. The zero-order chi connectivity index (χ0) is 23.9. The summed E-state index contributed by atoms with van der Waals surface area (Å²) < 4.78 is 6.01. The van der Waals surface area contributed by atoms with Crippen LogP contribution < -0.4 is 4.74 Å². The Labute approximate surface area is 204 Å². The number of aromatic nitrogens is 5. The molecule has 5 rings (SSSR count). The zero-order valence-electron chi connectivity index (χ0n) is 19.6. The maximum atomic E-state index is 6.01. The van der Waals surface area contributed by atoms with Gasteiger partial charge in [0.2, 0.25) is 0 Å². The second-order valence-electron chi connectivity index (χ2n) is 8.62. The van der Waals surface area contributed by atoms with Crippen molar-refractivity contribution in [3.63, 3.8) is 0 Å². The van der Waals surface area contributed by atoms with Gasteiger partial charge in [0, 0.05) is 11.8 Å². The van der Waals surface area contributed by atoms with Crippen LogP contribution in [0.1, 0.15) is 47.5 Å². The third kappa shape index (κ3) is 5.98. The number of ether oxygens (including phenoxy) is 1. The van der Waals surface area contributed by atoms with E-state index in [1.54, 1.807) is 0 Å². The molecule has 0 amide bonds. The molecule has 0 fully saturated rings. The van der Waals surface area contributed by atoms with E-state index in [0.29, 0.717) is 12.5 Å². The third-order valence-corrected chi connectivity index (χ3v) is 6.06. The van der Waals surface area contributed by atoms with Crippen molar-refractivity contribution in [3.05, 3.63) is 113 Å². The van der Waals surface area contributed by atoms with Crippen molar-refractivity contribution in [2.75, 3.05) is 0 Å². The summed E-state index contributed by atoms with van der Waals surface area (Å²) >= 11 is 0. The summed E-state index contributed by atoms with van der Waals surface area (Å²) in [6, 6.07) is 29.0. The van der Waals surface area contributed by atoms with E-state index in [1.807, 2.05) is 42.5 Å². The highest BCUT2D eigenvalue weighted by Crippen LogP contribution is 2.22. The normalized spacial score (nSPS) is 12.3. The number of nitrogens with one attached hydrogen (secondary N) is 1. The van der Waals surface area contributed by atoms with Crippen LogP contribution in [0.25, 0.3) is 23.1 Å². The van der Waals surface area contributed by atoms with Gasteiger partial charge < -0.3 is 4.74 Å². The number of hydrogen-bond donors (Lipinski definition) is 1. The van der Waals surface area contributed by atoms with Gasteiger partial charge in [-0.05, 0) is 53.3 Å². The van der Waals surface area contributed by atoms with Crippen molar-refractivity contribution in [3.8, 4) is 5.75 Å². The molecule has 6 nitrogen and oxygen atoms in total. The van der Waals surface area contributed by atoms with Gasteiger partial charge in [-0.15, -0.1) is 10.2 Å². The Morgan fingerprint density at radius 2 is 1.74 bits per heavy atom. The fourth-order valence-corrected chi connectivity index (χ4v) is 3.98. The number of tetrazole rings is 1. The molecule has 0 saturated carbocycles. The van der Waals surface area contributed by atoms with Crippen LogP contribution in [0.3, 0.4) is 0 Å². The largest absolute Gasteiger partial charge is 0.487 e. The second-order valence-corrected chi connectivity index (χ2v) is 8.62. The number of para-hydroxylation sites is 1. The molecule has 0 aliphatic heterocycles. The third-order valence-electron chi connectivity index (χ3n) is 6.06. The Morgan fingerprint density at radius 3 is 2.60 bits per heavy atom. The molecule has 5 aromatic rings. The molecule has 2 heterocycles. The van der Waals surface area contributed by atoms with Gasteiger partial charge in [-0.1, -0.05) is 85.0 Å². The van der Waals surface area contributed by atoms with Gasteiger partial charge in [-0.2, -0.15) is 5.21 Å². The average molecular weight is 462 g/mol. The lowest BCUT2D eigenvalue weighted by molar-refractivity contribution is 0.302. The van der Waals surface area contributed by atoms with Crippen LogP contribution in [0.2, 0.25) is 0 Å². The Hall–Kier alpha value is -4.32. The lowest BCUT2D eigenvalue weighted by Crippen LogP contribution is -1.98. The van der Waals surface area contributed by atoms with Gasteiger partial charge in [0.1, 0.15) is 12.4 Å². The summed E-state index contributed by atoms with van der Waals surface area (Å²) in [5.74, 6) is 2.02. The molecule has 0 spiro atoms. The monoisotopic (exact) mass is 461 g/mol. The first-order valence-corrected chi connectivity index (χ1v) is 11.8. The van der Waals surface area contributed by atoms with E-state index in [2.05, 4.69) is 87.1 Å². The summed E-state index contributed by atoms with van der Waals surface area (Å²) in [7, 11) is 0. The Kier molecular flexibility index (Phi) is 6.89. The summed E-state index contributed by atoms with van der Waals surface area (Å²) in [5.41, 5.74) is 5.45. The highest BCUT2D eigenvalue weighted by atomic mass is 16.5. The summed E-state index contributed by atoms with van der Waals surface area (Å²) in [6.07, 6.45) is 6.03. The van der Waals surface area contributed by atoms with Crippen molar-refractivity contribution in [1.29, 1.82) is 0 Å². The fraction of sp³-hybridized carbons (Fsp3) is 0.172. The van der Waals surface area contributed by atoms with Crippen molar-refractivity contribution in [1.82, 2.24) is 25.6 Å². The average Bonchev–Trinajstić information content (AvgIpc) is 3.44. The molecule has 35 heavy (non-hydrogen) atoms. The number of benzene rings is 3. The first-order chi connectivity index (χ1) is 17.2. The molecule has 174 valence electrons. The minimum Gasteiger partial charge on any atom is -0.487 e. The molecule has 1 atom stereocenters. The van der Waals surface area contributed by atoms with E-state index in [0.717, 1.165) is 52.1 Å². The molecule has 6 heteroatoms. The predicted molar refractivity (Wildman–Crippen MR) is 139 cm³/mol. The number of hydrogen-bond acceptors (Lipinski definition) is 5. The first kappa shape index (κ1) is 22.5. The predicted octanol–water partition coefficient (Wildman–Crippen LogP) is 6.23. The maximum Gasteiger partial charge on any atom is 0.174 e. The van der Waals surface area contributed by atoms with Crippen molar-refractivity contribution in [2.45, 2.75) is 32.3 Å². The standard InChI is InChI=1S/C29H27N5O/c1-21(9-18-29-31-33-34-32-29)24-14-12-22(13-15-24)10-11-23-5-4-7-27(19-23)35-20-26-17-16-25-6-2-3-8-28(25)30-26/h2-8,10-17,19,21H,9,18,20H2,1H3,(H,31,32,33,34)/b11-10+. The Balaban J connectivity index is 1.17. The maximum absolute atomic E-state index is 6.01. The number of aromatic amines is 1. The van der Waals surface area contributed by atoms with E-state index in [1.165, 1.54) is 5.56 Å². The molecule has 2 aromatic heterocycles. The SMILES string of the molecule is CC(CCc1nn[nH]n1)c1ccc(/C=C/c2cccc(OCc3ccc4ccccc4n3)c2)cc1. The number of fused-ring (bicyclic) bond motifs is 1. The molecule has 0 radical (unpaired) electrons. The van der Waals surface area contributed by atoms with Gasteiger partial charge in [0.05, 0.1) is 11.2 Å². The van der Waals surface area contributed by atoms with Gasteiger partial charge in [-0.25, -0.2) is 4.98 Å². The first-order valence-electron chi connectivity index (χ1n) is 11.8. The van der Waals surface area contributed by atoms with Gasteiger partial charge in [0.25, 0.3) is 0 Å². The van der Waals surface area contributed by atoms with Crippen LogP contribution >= 0.6 is 0 Å². The highest BCUT2D eigenvalue weighted by molar-refractivity contribution is 5.78. The van der Waals surface area contributed by atoms with E-state index < -0.39 is 0 Å². The topological polar surface area (TPSA) is 76.6 Å². The van der Waals surface area contributed by atoms with E-state index in [-0.39, 0.29) is 0 Å². The quantitative estimate of drug-likeness (QED) is 0.263. The molecule has 3 aromatic carbocycles. The van der Waals surface area contributed by atoms with Gasteiger partial charge in [0.15, 0.2) is 5.82 Å². The lowest BCUT2D eigenvalue weighted by Gasteiger charge is -2.10. The Bertz CT molecular complexity index is 1410. The highest BCUT2D eigenvalue weighted by Gasteiger charge is 2.08. The van der Waals surface area contributed by atoms with E-state index in [9.17, 15) is 0 Å². The van der Waals surface area contributed by atoms with Crippen molar-refractivity contribution in [2.24, 2.45) is 0 Å². The van der Waals surface area contributed by atoms with Crippen LogP contribution in [0.5, 0.6) is 5.75 Å². The molecule has 0 saturated heterocycles. The lowest BCUT2D eigenvalue weighted by atomic mass is 9.95. The van der Waals surface area contributed by atoms with Crippen LogP contribution in [0.15, 0.2) is 84.9 Å². The van der Waals surface area contributed by atoms with Crippen LogP contribution in [-0.2, 0) is 13.0 Å². The second kappa shape index (κ2) is 10.7. The summed E-state index contributed by atoms with van der Waals surface area (Å²) in [6.45, 7) is 2.66. The van der Waals surface area contributed by atoms with Crippen LogP contribution in [0, 0.1) is 0 Å². The van der Waals surface area contributed by atoms with E-state index in [4.69, 9.17) is 4.74 Å². The number of rotatable bonds is 9. The van der Waals surface area contributed by atoms with Crippen molar-refractivity contribution >= 4 is 23.1 Å². The fourth-order valence-electron chi connectivity index (χ4n) is 3.98. The number of pyridine rings is 1. The van der Waals surface area contributed by atoms with Crippen LogP contribution in [0.4, 0.5) is 0 Å². The molecule has 1 unspecified atom stereocenters. The van der Waals surface area contributed by atoms with E-state index >= 15 is 0 Å². The molecule has 0 aliphatic rings. The number of H-pyrrole nitrogens is 1. The molecular weight excluding hydrogens is 434 g/mol. The molecule has 1 N–H and O–H groups in total. The molecular formula is C29H27N5O. The molecule has 0 aliphatic carbocycles. The van der Waals surface area contributed by atoms with Crippen LogP contribution in [-0.4, -0.2) is 25.6 Å². The zero-order valence-corrected chi connectivity index (χ0v) is 19.6. The summed E-state index contributed by atoms with van der Waals surface area (Å²) in [5, 5.41) is 15.3.